The van der Waals surface area contributed by atoms with Crippen molar-refractivity contribution in [2.24, 2.45) is 0 Å². The second kappa shape index (κ2) is 8.47. The molecule has 0 aliphatic rings. The highest BCUT2D eigenvalue weighted by Gasteiger charge is 2.04. The number of aromatic nitrogens is 1. The Morgan fingerprint density at radius 3 is 2.90 bits per heavy atom. The Labute approximate surface area is 135 Å². The maximum Gasteiger partial charge on any atom is 0.0758 e. The molecular formula is C17H23BrN2O. The van der Waals surface area contributed by atoms with Crippen LogP contribution in [0.1, 0.15) is 32.3 Å². The van der Waals surface area contributed by atoms with Gasteiger partial charge in [-0.1, -0.05) is 28.1 Å². The summed E-state index contributed by atoms with van der Waals surface area (Å²) in [6.07, 6.45) is 4.42. The van der Waals surface area contributed by atoms with Crippen molar-refractivity contribution in [2.75, 3.05) is 13.2 Å². The fraction of sp³-hybridized carbons (Fsp3) is 0.471. The Kier molecular flexibility index (Phi) is 6.61. The molecule has 2 aromatic rings. The van der Waals surface area contributed by atoms with E-state index < -0.39 is 0 Å². The zero-order valence-electron chi connectivity index (χ0n) is 12.7. The molecule has 0 aliphatic carbocycles. The van der Waals surface area contributed by atoms with Crippen LogP contribution in [0.4, 0.5) is 0 Å². The molecule has 21 heavy (non-hydrogen) atoms. The molecule has 1 heterocycles. The van der Waals surface area contributed by atoms with E-state index in [1.807, 2.05) is 12.3 Å². The molecule has 0 spiro atoms. The van der Waals surface area contributed by atoms with E-state index in [0.717, 1.165) is 42.5 Å². The van der Waals surface area contributed by atoms with E-state index in [9.17, 15) is 0 Å². The van der Waals surface area contributed by atoms with Gasteiger partial charge in [0.2, 0.25) is 0 Å². The van der Waals surface area contributed by atoms with Crippen LogP contribution in [0, 0.1) is 0 Å². The van der Waals surface area contributed by atoms with Gasteiger partial charge in [-0.25, -0.2) is 0 Å². The molecule has 0 saturated heterocycles. The number of nitrogens with one attached hydrogen (secondary N) is 1. The normalized spacial score (nSPS) is 11.4. The molecular weight excluding hydrogens is 328 g/mol. The number of pyridine rings is 1. The molecule has 1 aromatic heterocycles. The van der Waals surface area contributed by atoms with Gasteiger partial charge >= 0.3 is 0 Å². The van der Waals surface area contributed by atoms with E-state index in [2.05, 4.69) is 58.3 Å². The third kappa shape index (κ3) is 5.06. The maximum atomic E-state index is 5.53. The lowest BCUT2D eigenvalue weighted by Crippen LogP contribution is -2.16. The molecule has 0 saturated carbocycles. The second-order valence-electron chi connectivity index (χ2n) is 5.41. The van der Waals surface area contributed by atoms with Crippen LogP contribution in [0.2, 0.25) is 0 Å². The van der Waals surface area contributed by atoms with E-state index in [1.54, 1.807) is 0 Å². The number of unbranched alkanes of at least 4 members (excludes halogenated alkanes) is 1. The Bertz CT molecular complexity index is 572. The fourth-order valence-corrected chi connectivity index (χ4v) is 2.69. The summed E-state index contributed by atoms with van der Waals surface area (Å²) in [6.45, 7) is 6.85. The monoisotopic (exact) mass is 350 g/mol. The number of nitrogens with zero attached hydrogens (tertiary/aromatic N) is 1. The van der Waals surface area contributed by atoms with Gasteiger partial charge in [-0.3, -0.25) is 4.98 Å². The molecule has 0 atom stereocenters. The minimum atomic E-state index is 0.332. The van der Waals surface area contributed by atoms with Gasteiger partial charge in [0.1, 0.15) is 0 Å². The first kappa shape index (κ1) is 16.4. The number of benzene rings is 1. The molecule has 1 aromatic carbocycles. The molecule has 0 unspecified atom stereocenters. The number of ether oxygens (including phenoxy) is 1. The smallest absolute Gasteiger partial charge is 0.0758 e. The summed E-state index contributed by atoms with van der Waals surface area (Å²) in [5, 5.41) is 4.66. The average Bonchev–Trinajstić information content (AvgIpc) is 2.48. The zero-order valence-corrected chi connectivity index (χ0v) is 14.3. The van der Waals surface area contributed by atoms with E-state index in [0.29, 0.717) is 6.10 Å². The number of hydrogen-bond donors (Lipinski definition) is 1. The maximum absolute atomic E-state index is 5.53. The molecule has 0 fully saturated rings. The van der Waals surface area contributed by atoms with Crippen molar-refractivity contribution in [1.29, 1.82) is 0 Å². The quantitative estimate of drug-likeness (QED) is 0.721. The summed E-state index contributed by atoms with van der Waals surface area (Å²) in [7, 11) is 0. The number of rotatable bonds is 8. The second-order valence-corrected chi connectivity index (χ2v) is 6.26. The van der Waals surface area contributed by atoms with E-state index in [4.69, 9.17) is 4.74 Å². The molecule has 4 heteroatoms. The van der Waals surface area contributed by atoms with Crippen LogP contribution in [-0.4, -0.2) is 24.2 Å². The number of hydrogen-bond acceptors (Lipinski definition) is 3. The van der Waals surface area contributed by atoms with Crippen molar-refractivity contribution in [3.05, 3.63) is 40.5 Å². The van der Waals surface area contributed by atoms with Crippen LogP contribution in [0.3, 0.4) is 0 Å². The summed E-state index contributed by atoms with van der Waals surface area (Å²) in [6, 6.07) is 8.30. The molecule has 0 bridgehead atoms. The summed E-state index contributed by atoms with van der Waals surface area (Å²) in [5.74, 6) is 0. The lowest BCUT2D eigenvalue weighted by Gasteiger charge is -2.10. The third-order valence-corrected chi connectivity index (χ3v) is 4.01. The standard InChI is InChI=1S/C17H23BrN2O/c1-13(2)21-11-4-3-9-19-12-14-7-8-16(18)15-6-5-10-20-17(14)15/h5-8,10,13,19H,3-4,9,11-12H2,1-2H3. The Balaban J connectivity index is 1.80. The molecule has 1 N–H and O–H groups in total. The van der Waals surface area contributed by atoms with Crippen molar-refractivity contribution in [3.8, 4) is 0 Å². The lowest BCUT2D eigenvalue weighted by molar-refractivity contribution is 0.0760. The van der Waals surface area contributed by atoms with Gasteiger partial charge in [-0.15, -0.1) is 0 Å². The van der Waals surface area contributed by atoms with Crippen LogP contribution < -0.4 is 5.32 Å². The average molecular weight is 351 g/mol. The molecule has 0 aliphatic heterocycles. The van der Waals surface area contributed by atoms with E-state index in [-0.39, 0.29) is 0 Å². The van der Waals surface area contributed by atoms with Gasteiger partial charge in [-0.2, -0.15) is 0 Å². The van der Waals surface area contributed by atoms with Crippen molar-refractivity contribution in [1.82, 2.24) is 10.3 Å². The summed E-state index contributed by atoms with van der Waals surface area (Å²) in [5.41, 5.74) is 2.31. The third-order valence-electron chi connectivity index (χ3n) is 3.31. The highest BCUT2D eigenvalue weighted by molar-refractivity contribution is 9.10. The summed E-state index contributed by atoms with van der Waals surface area (Å²) >= 11 is 3.58. The molecule has 0 amide bonds. The minimum absolute atomic E-state index is 0.332. The fourth-order valence-electron chi connectivity index (χ4n) is 2.23. The van der Waals surface area contributed by atoms with Crippen LogP contribution in [0.25, 0.3) is 10.9 Å². The van der Waals surface area contributed by atoms with Gasteiger partial charge < -0.3 is 10.1 Å². The Morgan fingerprint density at radius 2 is 2.10 bits per heavy atom. The predicted octanol–water partition coefficient (Wildman–Crippen LogP) is 4.29. The summed E-state index contributed by atoms with van der Waals surface area (Å²) in [4.78, 5) is 4.50. The number of fused-ring (bicyclic) bond motifs is 1. The molecule has 3 nitrogen and oxygen atoms in total. The first-order chi connectivity index (χ1) is 10.2. The first-order valence-corrected chi connectivity index (χ1v) is 8.32. The van der Waals surface area contributed by atoms with Crippen LogP contribution in [0.15, 0.2) is 34.9 Å². The molecule has 0 radical (unpaired) electrons. The zero-order chi connectivity index (χ0) is 15.1. The van der Waals surface area contributed by atoms with Gasteiger partial charge in [-0.05, 0) is 50.9 Å². The van der Waals surface area contributed by atoms with Crippen molar-refractivity contribution in [2.45, 2.75) is 39.3 Å². The highest BCUT2D eigenvalue weighted by atomic mass is 79.9. The lowest BCUT2D eigenvalue weighted by atomic mass is 10.1. The summed E-state index contributed by atoms with van der Waals surface area (Å²) < 4.78 is 6.63. The first-order valence-electron chi connectivity index (χ1n) is 7.53. The van der Waals surface area contributed by atoms with Crippen LogP contribution in [0.5, 0.6) is 0 Å². The topological polar surface area (TPSA) is 34.1 Å². The van der Waals surface area contributed by atoms with Crippen molar-refractivity contribution < 1.29 is 4.74 Å². The SMILES string of the molecule is CC(C)OCCCCNCc1ccc(Br)c2cccnc12. The predicted molar refractivity (Wildman–Crippen MR) is 91.5 cm³/mol. The van der Waals surface area contributed by atoms with Crippen molar-refractivity contribution >= 4 is 26.8 Å². The highest BCUT2D eigenvalue weighted by Crippen LogP contribution is 2.25. The van der Waals surface area contributed by atoms with Gasteiger partial charge in [0.25, 0.3) is 0 Å². The molecule has 2 rings (SSSR count). The van der Waals surface area contributed by atoms with Gasteiger partial charge in [0.15, 0.2) is 0 Å². The van der Waals surface area contributed by atoms with Crippen LogP contribution >= 0.6 is 15.9 Å². The largest absolute Gasteiger partial charge is 0.379 e. The number of halogens is 1. The molecule has 114 valence electrons. The van der Waals surface area contributed by atoms with E-state index in [1.165, 1.54) is 10.9 Å². The Morgan fingerprint density at radius 1 is 1.24 bits per heavy atom. The minimum Gasteiger partial charge on any atom is -0.379 e. The van der Waals surface area contributed by atoms with Crippen LogP contribution in [-0.2, 0) is 11.3 Å². The Hall–Kier alpha value is -0.970. The van der Waals surface area contributed by atoms with E-state index >= 15 is 0 Å². The van der Waals surface area contributed by atoms with Gasteiger partial charge in [0, 0.05) is 29.2 Å². The van der Waals surface area contributed by atoms with Gasteiger partial charge in [0.05, 0.1) is 11.6 Å². The van der Waals surface area contributed by atoms with Crippen molar-refractivity contribution in [3.63, 3.8) is 0 Å².